The number of aromatic nitrogens is 1. The van der Waals surface area contributed by atoms with Gasteiger partial charge >= 0.3 is 5.97 Å². The first-order chi connectivity index (χ1) is 7.99. The van der Waals surface area contributed by atoms with E-state index in [1.54, 1.807) is 6.92 Å². The van der Waals surface area contributed by atoms with Crippen LogP contribution in [-0.4, -0.2) is 15.6 Å². The van der Waals surface area contributed by atoms with Crippen molar-refractivity contribution >= 4 is 16.9 Å². The Morgan fingerprint density at radius 3 is 2.82 bits per heavy atom. The van der Waals surface area contributed by atoms with Crippen molar-refractivity contribution in [2.45, 2.75) is 20.3 Å². The number of fused-ring (bicyclic) bond motifs is 1. The second-order valence-corrected chi connectivity index (χ2v) is 4.73. The molecule has 2 aromatic rings. The van der Waals surface area contributed by atoms with Gasteiger partial charge < -0.3 is 9.67 Å². The molecule has 0 unspecified atom stereocenters. The summed E-state index contributed by atoms with van der Waals surface area (Å²) in [5.74, 6) is -1.09. The topological polar surface area (TPSA) is 42.2 Å². The van der Waals surface area contributed by atoms with Crippen LogP contribution in [-0.2, 0) is 18.3 Å². The highest BCUT2D eigenvalue weighted by atomic mass is 16.4. The molecule has 1 aromatic heterocycles. The van der Waals surface area contributed by atoms with Crippen molar-refractivity contribution in [3.63, 3.8) is 0 Å². The van der Waals surface area contributed by atoms with Crippen molar-refractivity contribution < 1.29 is 9.90 Å². The van der Waals surface area contributed by atoms with Crippen LogP contribution in [0.2, 0.25) is 0 Å². The van der Waals surface area contributed by atoms with Crippen LogP contribution in [0.4, 0.5) is 0 Å². The minimum atomic E-state index is -0.741. The fourth-order valence-corrected chi connectivity index (χ4v) is 2.17. The number of carboxylic acids is 1. The molecule has 0 saturated heterocycles. The van der Waals surface area contributed by atoms with Crippen molar-refractivity contribution in [2.75, 3.05) is 0 Å². The van der Waals surface area contributed by atoms with Crippen LogP contribution in [0.3, 0.4) is 0 Å². The number of hydrogen-bond donors (Lipinski definition) is 1. The molecule has 0 amide bonds. The van der Waals surface area contributed by atoms with E-state index in [1.165, 1.54) is 10.9 Å². The molecular weight excluding hydrogens is 214 g/mol. The van der Waals surface area contributed by atoms with E-state index < -0.39 is 5.97 Å². The summed E-state index contributed by atoms with van der Waals surface area (Å²) in [6, 6.07) is 6.28. The van der Waals surface area contributed by atoms with Crippen molar-refractivity contribution in [1.29, 1.82) is 0 Å². The maximum absolute atomic E-state index is 10.9. The van der Waals surface area contributed by atoms with Crippen molar-refractivity contribution in [3.05, 3.63) is 35.5 Å². The van der Waals surface area contributed by atoms with Crippen LogP contribution in [0.1, 0.15) is 18.1 Å². The highest BCUT2D eigenvalue weighted by Gasteiger charge is 2.15. The third-order valence-corrected chi connectivity index (χ3v) is 3.18. The molecule has 3 heteroatoms. The van der Waals surface area contributed by atoms with E-state index >= 15 is 0 Å². The van der Waals surface area contributed by atoms with Gasteiger partial charge in [0.2, 0.25) is 0 Å². The zero-order chi connectivity index (χ0) is 12.6. The molecule has 90 valence electrons. The summed E-state index contributed by atoms with van der Waals surface area (Å²) in [4.78, 5) is 10.9. The average molecular weight is 231 g/mol. The summed E-state index contributed by atoms with van der Waals surface area (Å²) in [5, 5.41) is 10.1. The molecular formula is C14H17NO2. The van der Waals surface area contributed by atoms with Gasteiger partial charge in [0.1, 0.15) is 0 Å². The van der Waals surface area contributed by atoms with Gasteiger partial charge in [0, 0.05) is 24.1 Å². The quantitative estimate of drug-likeness (QED) is 0.882. The highest BCUT2D eigenvalue weighted by molar-refractivity contribution is 5.85. The third-order valence-electron chi connectivity index (χ3n) is 3.18. The van der Waals surface area contributed by atoms with E-state index in [-0.39, 0.29) is 5.92 Å². The van der Waals surface area contributed by atoms with Gasteiger partial charge in [0.15, 0.2) is 0 Å². The fraction of sp³-hybridized carbons (Fsp3) is 0.357. The molecule has 0 fully saturated rings. The van der Waals surface area contributed by atoms with Crippen LogP contribution in [0, 0.1) is 12.8 Å². The number of carboxylic acid groups (broad SMARTS) is 1. The first-order valence-electron chi connectivity index (χ1n) is 5.76. The second-order valence-electron chi connectivity index (χ2n) is 4.73. The fourth-order valence-electron chi connectivity index (χ4n) is 2.17. The van der Waals surface area contributed by atoms with E-state index in [0.717, 1.165) is 11.1 Å². The van der Waals surface area contributed by atoms with Gasteiger partial charge in [-0.15, -0.1) is 0 Å². The predicted molar refractivity (Wildman–Crippen MR) is 68.2 cm³/mol. The number of hydrogen-bond acceptors (Lipinski definition) is 1. The number of rotatable bonds is 3. The maximum atomic E-state index is 10.9. The van der Waals surface area contributed by atoms with E-state index in [1.807, 2.05) is 13.2 Å². The zero-order valence-corrected chi connectivity index (χ0v) is 10.4. The minimum absolute atomic E-state index is 0.346. The van der Waals surface area contributed by atoms with Gasteiger partial charge in [-0.2, -0.15) is 0 Å². The van der Waals surface area contributed by atoms with Gasteiger partial charge in [0.25, 0.3) is 0 Å². The Bertz CT molecular complexity index is 569. The summed E-state index contributed by atoms with van der Waals surface area (Å²) in [5.41, 5.74) is 3.47. The minimum Gasteiger partial charge on any atom is -0.481 e. The highest BCUT2D eigenvalue weighted by Crippen LogP contribution is 2.24. The monoisotopic (exact) mass is 231 g/mol. The number of carbonyl (C=O) groups is 1. The first kappa shape index (κ1) is 11.7. The molecule has 0 aliphatic carbocycles. The molecule has 0 radical (unpaired) electrons. The molecule has 1 aromatic carbocycles. The Morgan fingerprint density at radius 2 is 2.18 bits per heavy atom. The van der Waals surface area contributed by atoms with E-state index in [4.69, 9.17) is 5.11 Å². The summed E-state index contributed by atoms with van der Waals surface area (Å²) in [6.45, 7) is 3.80. The van der Waals surface area contributed by atoms with Gasteiger partial charge in [-0.3, -0.25) is 4.79 Å². The normalized spacial score (nSPS) is 12.9. The first-order valence-corrected chi connectivity index (χ1v) is 5.76. The molecule has 1 N–H and O–H groups in total. The smallest absolute Gasteiger partial charge is 0.306 e. The van der Waals surface area contributed by atoms with Crippen LogP contribution in [0.5, 0.6) is 0 Å². The number of aryl methyl sites for hydroxylation is 2. The molecule has 17 heavy (non-hydrogen) atoms. The Morgan fingerprint density at radius 1 is 1.47 bits per heavy atom. The standard InChI is InChI=1S/C14H17NO2/c1-9-4-5-13-12(6-9)11(8-15(13)3)7-10(2)14(16)17/h4-6,8,10H,7H2,1-3H3,(H,16,17)/t10-/m0/s1. The summed E-state index contributed by atoms with van der Waals surface area (Å²) < 4.78 is 2.05. The van der Waals surface area contributed by atoms with E-state index in [2.05, 4.69) is 29.7 Å². The summed E-state index contributed by atoms with van der Waals surface area (Å²) in [6.07, 6.45) is 2.61. The van der Waals surface area contributed by atoms with Crippen molar-refractivity contribution in [2.24, 2.45) is 13.0 Å². The van der Waals surface area contributed by atoms with Crippen LogP contribution >= 0.6 is 0 Å². The Hall–Kier alpha value is -1.77. The zero-order valence-electron chi connectivity index (χ0n) is 10.4. The molecule has 2 rings (SSSR count). The lowest BCUT2D eigenvalue weighted by Crippen LogP contribution is -2.11. The molecule has 3 nitrogen and oxygen atoms in total. The molecule has 0 aliphatic rings. The Labute approximate surface area is 101 Å². The molecule has 1 atom stereocenters. The lowest BCUT2D eigenvalue weighted by atomic mass is 10.00. The lowest BCUT2D eigenvalue weighted by molar-refractivity contribution is -0.141. The average Bonchev–Trinajstić information content (AvgIpc) is 2.55. The number of aliphatic carboxylic acids is 1. The summed E-state index contributed by atoms with van der Waals surface area (Å²) >= 11 is 0. The third kappa shape index (κ3) is 2.18. The van der Waals surface area contributed by atoms with Crippen LogP contribution in [0.25, 0.3) is 10.9 Å². The Kier molecular flexibility index (Phi) is 2.92. The molecule has 0 saturated carbocycles. The van der Waals surface area contributed by atoms with E-state index in [9.17, 15) is 4.79 Å². The molecule has 0 aliphatic heterocycles. The largest absolute Gasteiger partial charge is 0.481 e. The lowest BCUT2D eigenvalue weighted by Gasteiger charge is -2.04. The van der Waals surface area contributed by atoms with Gasteiger partial charge in [-0.1, -0.05) is 18.6 Å². The predicted octanol–water partition coefficient (Wildman–Crippen LogP) is 2.75. The maximum Gasteiger partial charge on any atom is 0.306 e. The second kappa shape index (κ2) is 4.24. The van der Waals surface area contributed by atoms with Crippen LogP contribution < -0.4 is 0 Å². The molecule has 0 spiro atoms. The van der Waals surface area contributed by atoms with E-state index in [0.29, 0.717) is 6.42 Å². The van der Waals surface area contributed by atoms with Crippen LogP contribution in [0.15, 0.2) is 24.4 Å². The molecule has 0 bridgehead atoms. The van der Waals surface area contributed by atoms with Gasteiger partial charge in [-0.25, -0.2) is 0 Å². The summed E-state index contributed by atoms with van der Waals surface area (Å²) in [7, 11) is 1.99. The Balaban J connectivity index is 2.47. The molecule has 1 heterocycles. The van der Waals surface area contributed by atoms with Crippen molar-refractivity contribution in [3.8, 4) is 0 Å². The SMILES string of the molecule is Cc1ccc2c(c1)c(C[C@H](C)C(=O)O)cn2C. The van der Waals surface area contributed by atoms with Gasteiger partial charge in [0.05, 0.1) is 5.92 Å². The number of nitrogens with zero attached hydrogens (tertiary/aromatic N) is 1. The van der Waals surface area contributed by atoms with Crippen molar-refractivity contribution in [1.82, 2.24) is 4.57 Å². The number of benzene rings is 1. The van der Waals surface area contributed by atoms with Gasteiger partial charge in [-0.05, 0) is 31.0 Å².